The van der Waals surface area contributed by atoms with Gasteiger partial charge in [-0.05, 0) is 12.8 Å². The van der Waals surface area contributed by atoms with Crippen molar-refractivity contribution in [1.82, 2.24) is 0 Å². The number of aliphatic hydroxyl groups is 1. The summed E-state index contributed by atoms with van der Waals surface area (Å²) in [5.74, 6) is -2.06. The van der Waals surface area contributed by atoms with Crippen LogP contribution in [0.3, 0.4) is 0 Å². The summed E-state index contributed by atoms with van der Waals surface area (Å²) < 4.78 is 9.10. The van der Waals surface area contributed by atoms with Gasteiger partial charge in [-0.3, -0.25) is 9.59 Å². The summed E-state index contributed by atoms with van der Waals surface area (Å²) >= 11 is 0. The van der Waals surface area contributed by atoms with E-state index in [0.29, 0.717) is 0 Å². The third-order valence-corrected chi connectivity index (χ3v) is 2.55. The lowest BCUT2D eigenvalue weighted by Crippen LogP contribution is -2.27. The second-order valence-electron chi connectivity index (χ2n) is 3.38. The molecular weight excluding hydrogens is 188 g/mol. The van der Waals surface area contributed by atoms with E-state index in [-0.39, 0.29) is 12.8 Å². The molecule has 1 N–H and O–H groups in total. The molecule has 1 rings (SSSR count). The van der Waals surface area contributed by atoms with E-state index in [0.717, 1.165) is 0 Å². The monoisotopic (exact) mass is 202 g/mol. The van der Waals surface area contributed by atoms with Crippen molar-refractivity contribution in [3.05, 3.63) is 0 Å². The minimum Gasteiger partial charge on any atom is -0.469 e. The van der Waals surface area contributed by atoms with E-state index in [4.69, 9.17) is 0 Å². The zero-order chi connectivity index (χ0) is 10.7. The number of aliphatic hydroxyl groups excluding tert-OH is 1. The van der Waals surface area contributed by atoms with Crippen molar-refractivity contribution < 1.29 is 24.2 Å². The van der Waals surface area contributed by atoms with Crippen LogP contribution in [-0.4, -0.2) is 37.4 Å². The van der Waals surface area contributed by atoms with Crippen molar-refractivity contribution in [1.29, 1.82) is 0 Å². The lowest BCUT2D eigenvalue weighted by Gasteiger charge is -2.13. The fourth-order valence-corrected chi connectivity index (χ4v) is 1.83. The Hall–Kier alpha value is -1.10. The van der Waals surface area contributed by atoms with E-state index >= 15 is 0 Å². The molecule has 0 radical (unpaired) electrons. The SMILES string of the molecule is COC(=O)[C@@H]1CC(O)C[C@H]1C(=O)OC. The van der Waals surface area contributed by atoms with Gasteiger partial charge in [-0.25, -0.2) is 0 Å². The smallest absolute Gasteiger partial charge is 0.309 e. The average Bonchev–Trinajstić information content (AvgIpc) is 2.58. The van der Waals surface area contributed by atoms with Gasteiger partial charge < -0.3 is 14.6 Å². The molecule has 80 valence electrons. The van der Waals surface area contributed by atoms with Gasteiger partial charge in [-0.1, -0.05) is 0 Å². The number of methoxy groups -OCH3 is 2. The Labute approximate surface area is 82.0 Å². The first-order valence-corrected chi connectivity index (χ1v) is 4.43. The van der Waals surface area contributed by atoms with E-state index in [2.05, 4.69) is 9.47 Å². The molecule has 0 aromatic rings. The van der Waals surface area contributed by atoms with E-state index in [1.807, 2.05) is 0 Å². The highest BCUT2D eigenvalue weighted by molar-refractivity contribution is 5.82. The molecule has 0 amide bonds. The van der Waals surface area contributed by atoms with Gasteiger partial charge in [0.1, 0.15) is 0 Å². The number of rotatable bonds is 2. The number of ether oxygens (including phenoxy) is 2. The first kappa shape index (κ1) is 11.0. The molecular formula is C9H14O5. The van der Waals surface area contributed by atoms with Crippen LogP contribution >= 0.6 is 0 Å². The van der Waals surface area contributed by atoms with Crippen LogP contribution in [0.5, 0.6) is 0 Å². The average molecular weight is 202 g/mol. The Balaban J connectivity index is 2.72. The topological polar surface area (TPSA) is 72.8 Å². The third kappa shape index (κ3) is 2.04. The van der Waals surface area contributed by atoms with Crippen LogP contribution in [-0.2, 0) is 19.1 Å². The van der Waals surface area contributed by atoms with E-state index in [9.17, 15) is 14.7 Å². The summed E-state index contributed by atoms with van der Waals surface area (Å²) in [6.07, 6.45) is -0.0815. The van der Waals surface area contributed by atoms with Crippen molar-refractivity contribution in [2.75, 3.05) is 14.2 Å². The zero-order valence-corrected chi connectivity index (χ0v) is 8.23. The normalized spacial score (nSPS) is 27.4. The molecule has 1 fully saturated rings. The Bertz CT molecular complexity index is 213. The van der Waals surface area contributed by atoms with Gasteiger partial charge in [-0.2, -0.15) is 0 Å². The summed E-state index contributed by atoms with van der Waals surface area (Å²) in [4.78, 5) is 22.5. The predicted molar refractivity (Wildman–Crippen MR) is 46.3 cm³/mol. The highest BCUT2D eigenvalue weighted by Gasteiger charge is 2.43. The molecule has 0 saturated heterocycles. The van der Waals surface area contributed by atoms with Gasteiger partial charge in [-0.15, -0.1) is 0 Å². The molecule has 14 heavy (non-hydrogen) atoms. The van der Waals surface area contributed by atoms with Crippen LogP contribution in [0.1, 0.15) is 12.8 Å². The van der Waals surface area contributed by atoms with Crippen LogP contribution in [0.15, 0.2) is 0 Å². The molecule has 0 heterocycles. The molecule has 0 aromatic carbocycles. The summed E-state index contributed by atoms with van der Waals surface area (Å²) in [7, 11) is 2.53. The Morgan fingerprint density at radius 3 is 1.71 bits per heavy atom. The molecule has 2 atom stereocenters. The molecule has 5 nitrogen and oxygen atoms in total. The summed E-state index contributed by atoms with van der Waals surface area (Å²) in [6, 6.07) is 0. The fraction of sp³-hybridized carbons (Fsp3) is 0.778. The van der Waals surface area contributed by atoms with Crippen molar-refractivity contribution in [3.8, 4) is 0 Å². The molecule has 0 spiro atoms. The summed E-state index contributed by atoms with van der Waals surface area (Å²) in [6.45, 7) is 0. The van der Waals surface area contributed by atoms with Crippen LogP contribution in [0.25, 0.3) is 0 Å². The molecule has 0 bridgehead atoms. The lowest BCUT2D eigenvalue weighted by atomic mass is 9.96. The minimum absolute atomic E-state index is 0.270. The first-order chi connectivity index (χ1) is 6.60. The molecule has 0 unspecified atom stereocenters. The van der Waals surface area contributed by atoms with Gasteiger partial charge in [0.25, 0.3) is 0 Å². The lowest BCUT2D eigenvalue weighted by molar-refractivity contribution is -0.156. The zero-order valence-electron chi connectivity index (χ0n) is 8.23. The molecule has 1 aliphatic carbocycles. The molecule has 0 aliphatic heterocycles. The maximum absolute atomic E-state index is 11.2. The second kappa shape index (κ2) is 4.41. The van der Waals surface area contributed by atoms with Gasteiger partial charge in [0.05, 0.1) is 32.2 Å². The number of carbonyl (C=O) groups excluding carboxylic acids is 2. The quantitative estimate of drug-likeness (QED) is 0.623. The third-order valence-electron chi connectivity index (χ3n) is 2.55. The molecule has 5 heteroatoms. The molecule has 1 aliphatic rings. The van der Waals surface area contributed by atoms with Gasteiger partial charge in [0, 0.05) is 0 Å². The van der Waals surface area contributed by atoms with Gasteiger partial charge >= 0.3 is 11.9 Å². The van der Waals surface area contributed by atoms with E-state index in [1.165, 1.54) is 14.2 Å². The number of hydrogen-bond acceptors (Lipinski definition) is 5. The second-order valence-corrected chi connectivity index (χ2v) is 3.38. The number of carbonyl (C=O) groups is 2. The largest absolute Gasteiger partial charge is 0.469 e. The Kier molecular flexibility index (Phi) is 3.46. The maximum atomic E-state index is 11.2. The van der Waals surface area contributed by atoms with Crippen molar-refractivity contribution in [2.24, 2.45) is 11.8 Å². The molecule has 0 aromatic heterocycles. The highest BCUT2D eigenvalue weighted by Crippen LogP contribution is 2.33. The van der Waals surface area contributed by atoms with Gasteiger partial charge in [0.15, 0.2) is 0 Å². The predicted octanol–water partition coefficient (Wildman–Crippen LogP) is -0.281. The Morgan fingerprint density at radius 2 is 1.43 bits per heavy atom. The van der Waals surface area contributed by atoms with Crippen molar-refractivity contribution in [2.45, 2.75) is 18.9 Å². The standard InChI is InChI=1S/C9H14O5/c1-13-8(11)6-3-5(10)4-7(6)9(12)14-2/h5-7,10H,3-4H2,1-2H3/t6-,7-/m1/s1. The summed E-state index contributed by atoms with van der Waals surface area (Å²) in [5.41, 5.74) is 0. The van der Waals surface area contributed by atoms with Gasteiger partial charge in [0.2, 0.25) is 0 Å². The molecule has 1 saturated carbocycles. The van der Waals surface area contributed by atoms with Crippen molar-refractivity contribution >= 4 is 11.9 Å². The van der Waals surface area contributed by atoms with Crippen LogP contribution < -0.4 is 0 Å². The van der Waals surface area contributed by atoms with E-state index in [1.54, 1.807) is 0 Å². The number of hydrogen-bond donors (Lipinski definition) is 1. The van der Waals surface area contributed by atoms with Crippen molar-refractivity contribution in [3.63, 3.8) is 0 Å². The van der Waals surface area contributed by atoms with E-state index < -0.39 is 29.9 Å². The summed E-state index contributed by atoms with van der Waals surface area (Å²) in [5, 5.41) is 9.34. The maximum Gasteiger partial charge on any atom is 0.309 e. The van der Waals surface area contributed by atoms with Crippen LogP contribution in [0.2, 0.25) is 0 Å². The van der Waals surface area contributed by atoms with Crippen LogP contribution in [0, 0.1) is 11.8 Å². The fourth-order valence-electron chi connectivity index (χ4n) is 1.83. The number of esters is 2. The minimum atomic E-state index is -0.622. The Morgan fingerprint density at radius 1 is 1.07 bits per heavy atom. The first-order valence-electron chi connectivity index (χ1n) is 4.43. The van der Waals surface area contributed by atoms with Crippen LogP contribution in [0.4, 0.5) is 0 Å². The highest BCUT2D eigenvalue weighted by atomic mass is 16.5.